The lowest BCUT2D eigenvalue weighted by molar-refractivity contribution is 0.661. The maximum absolute atomic E-state index is 6.21. The van der Waals surface area contributed by atoms with Crippen molar-refractivity contribution in [2.45, 2.75) is 31.6 Å². The van der Waals surface area contributed by atoms with Gasteiger partial charge in [-0.25, -0.2) is 0 Å². The van der Waals surface area contributed by atoms with Crippen LogP contribution < -0.4 is 5.32 Å². The molecule has 1 N–H and O–H groups in total. The third-order valence-corrected chi connectivity index (χ3v) is 4.64. The Bertz CT molecular complexity index is 671. The molecule has 2 heterocycles. The molecule has 0 aliphatic carbocycles. The van der Waals surface area contributed by atoms with Gasteiger partial charge in [-0.2, -0.15) is 0 Å². The van der Waals surface area contributed by atoms with Gasteiger partial charge in [0.05, 0.1) is 22.3 Å². The first-order valence-electron chi connectivity index (χ1n) is 6.68. The van der Waals surface area contributed by atoms with E-state index in [-0.39, 0.29) is 0 Å². The Hall–Kier alpha value is -1.26. The zero-order chi connectivity index (χ0) is 14.1. The lowest BCUT2D eigenvalue weighted by Gasteiger charge is -2.23. The van der Waals surface area contributed by atoms with E-state index in [1.54, 1.807) is 18.0 Å². The Labute approximate surface area is 127 Å². The molecule has 0 bridgehead atoms. The van der Waals surface area contributed by atoms with Gasteiger partial charge in [-0.15, -0.1) is 0 Å². The molecule has 2 atom stereocenters. The number of aliphatic imine (C=N–C) groups is 1. The second kappa shape index (κ2) is 5.62. The fourth-order valence-corrected chi connectivity index (χ4v) is 3.80. The van der Waals surface area contributed by atoms with Gasteiger partial charge < -0.3 is 5.32 Å². The number of halogens is 1. The summed E-state index contributed by atoms with van der Waals surface area (Å²) in [6, 6.07) is 8.10. The summed E-state index contributed by atoms with van der Waals surface area (Å²) in [4.78, 5) is 9.10. The molecule has 1 aliphatic heterocycles. The molecule has 1 aliphatic rings. The number of pyridine rings is 1. The van der Waals surface area contributed by atoms with Gasteiger partial charge in [-0.3, -0.25) is 9.98 Å². The normalized spacial score (nSPS) is 22.6. The molecular formula is C15H16ClN3S. The van der Waals surface area contributed by atoms with Crippen LogP contribution in [-0.4, -0.2) is 21.4 Å². The highest BCUT2D eigenvalue weighted by Crippen LogP contribution is 2.31. The summed E-state index contributed by atoms with van der Waals surface area (Å²) in [6.07, 6.45) is 2.90. The summed E-state index contributed by atoms with van der Waals surface area (Å²) in [5.74, 6) is 0. The van der Waals surface area contributed by atoms with Gasteiger partial charge in [-0.05, 0) is 37.6 Å². The topological polar surface area (TPSA) is 37.3 Å². The first kappa shape index (κ1) is 13.7. The van der Waals surface area contributed by atoms with Crippen molar-refractivity contribution in [2.75, 3.05) is 5.32 Å². The minimum absolute atomic E-state index is 0.361. The molecule has 0 amide bonds. The highest BCUT2D eigenvalue weighted by molar-refractivity contribution is 8.14. The second-order valence-corrected chi connectivity index (χ2v) is 6.90. The molecular weight excluding hydrogens is 290 g/mol. The molecule has 1 aromatic heterocycles. The van der Waals surface area contributed by atoms with Crippen molar-refractivity contribution in [3.05, 3.63) is 35.5 Å². The number of hydrogen-bond donors (Lipinski definition) is 1. The molecule has 2 unspecified atom stereocenters. The SMILES string of the molecule is CC1CC(C)SC(Nc2ccc(Cl)c3cccnc23)=N1. The van der Waals surface area contributed by atoms with Crippen LogP contribution in [0.4, 0.5) is 5.69 Å². The Morgan fingerprint density at radius 2 is 2.15 bits per heavy atom. The van der Waals surface area contributed by atoms with Crippen LogP contribution in [0.15, 0.2) is 35.5 Å². The van der Waals surface area contributed by atoms with E-state index >= 15 is 0 Å². The number of thioether (sulfide) groups is 1. The molecule has 5 heteroatoms. The van der Waals surface area contributed by atoms with Crippen LogP contribution in [-0.2, 0) is 0 Å². The predicted octanol–water partition coefficient (Wildman–Crippen LogP) is 4.57. The fraction of sp³-hybridized carbons (Fsp3) is 0.333. The van der Waals surface area contributed by atoms with Crippen molar-refractivity contribution in [1.82, 2.24) is 4.98 Å². The van der Waals surface area contributed by atoms with E-state index < -0.39 is 0 Å². The molecule has 0 fully saturated rings. The number of hydrogen-bond acceptors (Lipinski definition) is 4. The van der Waals surface area contributed by atoms with Gasteiger partial charge >= 0.3 is 0 Å². The minimum atomic E-state index is 0.361. The van der Waals surface area contributed by atoms with Gasteiger partial charge in [0.25, 0.3) is 0 Å². The summed E-state index contributed by atoms with van der Waals surface area (Å²) >= 11 is 7.99. The van der Waals surface area contributed by atoms with Crippen LogP contribution >= 0.6 is 23.4 Å². The Kier molecular flexibility index (Phi) is 3.85. The first-order chi connectivity index (χ1) is 9.63. The number of anilines is 1. The standard InChI is InChI=1S/C15H16ClN3S/c1-9-8-10(2)20-15(18-9)19-13-6-5-12(16)11-4-3-7-17-14(11)13/h3-7,9-10H,8H2,1-2H3,(H,18,19). The number of fused-ring (bicyclic) bond motifs is 1. The average molecular weight is 306 g/mol. The molecule has 2 aromatic rings. The van der Waals surface area contributed by atoms with Gasteiger partial charge in [0.1, 0.15) is 0 Å². The minimum Gasteiger partial charge on any atom is -0.333 e. The Morgan fingerprint density at radius 3 is 2.95 bits per heavy atom. The van der Waals surface area contributed by atoms with E-state index in [9.17, 15) is 0 Å². The summed E-state index contributed by atoms with van der Waals surface area (Å²) in [5.41, 5.74) is 1.84. The molecule has 0 saturated heterocycles. The first-order valence-corrected chi connectivity index (χ1v) is 7.94. The van der Waals surface area contributed by atoms with E-state index in [0.29, 0.717) is 11.3 Å². The van der Waals surface area contributed by atoms with Crippen LogP contribution in [0.25, 0.3) is 10.9 Å². The third kappa shape index (κ3) is 2.76. The molecule has 1 aromatic carbocycles. The van der Waals surface area contributed by atoms with E-state index in [1.165, 1.54) is 0 Å². The maximum Gasteiger partial charge on any atom is 0.161 e. The van der Waals surface area contributed by atoms with Crippen molar-refractivity contribution in [3.8, 4) is 0 Å². The lowest BCUT2D eigenvalue weighted by atomic mass is 10.2. The van der Waals surface area contributed by atoms with Crippen molar-refractivity contribution in [3.63, 3.8) is 0 Å². The lowest BCUT2D eigenvalue weighted by Crippen LogP contribution is -2.22. The average Bonchev–Trinajstić information content (AvgIpc) is 2.41. The van der Waals surface area contributed by atoms with Crippen molar-refractivity contribution < 1.29 is 0 Å². The molecule has 0 radical (unpaired) electrons. The van der Waals surface area contributed by atoms with E-state index in [1.807, 2.05) is 24.3 Å². The van der Waals surface area contributed by atoms with Gasteiger partial charge in [-0.1, -0.05) is 30.3 Å². The quantitative estimate of drug-likeness (QED) is 0.838. The summed E-state index contributed by atoms with van der Waals surface area (Å²) < 4.78 is 0. The molecule has 3 nitrogen and oxygen atoms in total. The van der Waals surface area contributed by atoms with E-state index in [4.69, 9.17) is 11.6 Å². The number of aromatic nitrogens is 1. The Balaban J connectivity index is 1.97. The molecule has 20 heavy (non-hydrogen) atoms. The maximum atomic E-state index is 6.21. The molecule has 0 spiro atoms. The summed E-state index contributed by atoms with van der Waals surface area (Å²) in [6.45, 7) is 4.38. The largest absolute Gasteiger partial charge is 0.333 e. The summed E-state index contributed by atoms with van der Waals surface area (Å²) in [5, 5.41) is 6.63. The van der Waals surface area contributed by atoms with Gasteiger partial charge in [0.15, 0.2) is 5.17 Å². The number of nitrogens with one attached hydrogen (secondary N) is 1. The van der Waals surface area contributed by atoms with E-state index in [0.717, 1.165) is 33.2 Å². The molecule has 3 rings (SSSR count). The highest BCUT2D eigenvalue weighted by atomic mass is 35.5. The van der Waals surface area contributed by atoms with Crippen molar-refractivity contribution in [1.29, 1.82) is 0 Å². The third-order valence-electron chi connectivity index (χ3n) is 3.28. The van der Waals surface area contributed by atoms with E-state index in [2.05, 4.69) is 29.1 Å². The monoisotopic (exact) mass is 305 g/mol. The van der Waals surface area contributed by atoms with Gasteiger partial charge in [0, 0.05) is 16.8 Å². The predicted molar refractivity (Wildman–Crippen MR) is 88.9 cm³/mol. The Morgan fingerprint density at radius 1 is 1.30 bits per heavy atom. The van der Waals surface area contributed by atoms with Gasteiger partial charge in [0.2, 0.25) is 0 Å². The number of nitrogens with zero attached hydrogens (tertiary/aromatic N) is 2. The van der Waals surface area contributed by atoms with Crippen molar-refractivity contribution >= 4 is 45.1 Å². The zero-order valence-electron chi connectivity index (χ0n) is 11.4. The van der Waals surface area contributed by atoms with Crippen LogP contribution in [0.3, 0.4) is 0 Å². The number of amidine groups is 1. The number of benzene rings is 1. The van der Waals surface area contributed by atoms with Crippen molar-refractivity contribution in [2.24, 2.45) is 4.99 Å². The summed E-state index contributed by atoms with van der Waals surface area (Å²) in [7, 11) is 0. The van der Waals surface area contributed by atoms with Crippen LogP contribution in [0.1, 0.15) is 20.3 Å². The smallest absolute Gasteiger partial charge is 0.161 e. The zero-order valence-corrected chi connectivity index (χ0v) is 13.0. The molecule has 0 saturated carbocycles. The molecule has 104 valence electrons. The number of rotatable bonds is 1. The fourth-order valence-electron chi connectivity index (χ4n) is 2.42. The van der Waals surface area contributed by atoms with Crippen LogP contribution in [0.5, 0.6) is 0 Å². The van der Waals surface area contributed by atoms with Crippen LogP contribution in [0, 0.1) is 0 Å². The second-order valence-electron chi connectivity index (χ2n) is 5.07. The van der Waals surface area contributed by atoms with Crippen LogP contribution in [0.2, 0.25) is 5.02 Å². The highest BCUT2D eigenvalue weighted by Gasteiger charge is 2.19.